The zero-order chi connectivity index (χ0) is 20.9. The maximum absolute atomic E-state index is 13.0. The molecule has 0 unspecified atom stereocenters. The zero-order valence-corrected chi connectivity index (χ0v) is 17.9. The van der Waals surface area contributed by atoms with E-state index < -0.39 is 11.5 Å². The van der Waals surface area contributed by atoms with Gasteiger partial charge >= 0.3 is 0 Å². The van der Waals surface area contributed by atoms with E-state index in [-0.39, 0.29) is 5.78 Å². The quantitative estimate of drug-likeness (QED) is 0.627. The smallest absolute Gasteiger partial charge is 0.163 e. The fourth-order valence-corrected chi connectivity index (χ4v) is 3.78. The Kier molecular flexibility index (Phi) is 7.31. The molecule has 1 aliphatic heterocycles. The first kappa shape index (κ1) is 21.8. The molecule has 0 aromatic heterocycles. The SMILES string of the molecule is CCN1CC[C@](O)(/C=C/c2ccc(Cl)cc2)[C@H](C(=O)/C=C/c2ccc(Cl)cc2)C1. The van der Waals surface area contributed by atoms with Gasteiger partial charge in [0.1, 0.15) is 0 Å². The van der Waals surface area contributed by atoms with Crippen LogP contribution in [0.15, 0.2) is 60.7 Å². The number of nitrogens with zero attached hydrogens (tertiary/aromatic N) is 1. The number of hydrogen-bond donors (Lipinski definition) is 1. The second kappa shape index (κ2) is 9.73. The van der Waals surface area contributed by atoms with Crippen LogP contribution in [-0.2, 0) is 4.79 Å². The fraction of sp³-hybridized carbons (Fsp3) is 0.292. The number of piperidine rings is 1. The zero-order valence-electron chi connectivity index (χ0n) is 16.4. The van der Waals surface area contributed by atoms with Gasteiger partial charge in [-0.3, -0.25) is 4.79 Å². The molecule has 0 radical (unpaired) electrons. The van der Waals surface area contributed by atoms with Gasteiger partial charge in [0.2, 0.25) is 0 Å². The van der Waals surface area contributed by atoms with Crippen LogP contribution in [0.4, 0.5) is 0 Å². The highest BCUT2D eigenvalue weighted by molar-refractivity contribution is 6.30. The van der Waals surface area contributed by atoms with Crippen molar-refractivity contribution in [2.24, 2.45) is 5.92 Å². The Hall–Kier alpha value is -1.91. The Labute approximate surface area is 182 Å². The average Bonchev–Trinajstić information content (AvgIpc) is 2.73. The van der Waals surface area contributed by atoms with Crippen LogP contribution in [0.2, 0.25) is 10.0 Å². The Morgan fingerprint density at radius 1 is 1.07 bits per heavy atom. The van der Waals surface area contributed by atoms with Crippen LogP contribution >= 0.6 is 23.2 Å². The van der Waals surface area contributed by atoms with Crippen LogP contribution in [0.1, 0.15) is 24.5 Å². The van der Waals surface area contributed by atoms with Crippen molar-refractivity contribution in [2.75, 3.05) is 19.6 Å². The molecule has 152 valence electrons. The molecule has 1 fully saturated rings. The number of carbonyl (C=O) groups excluding carboxylic acids is 1. The van der Waals surface area contributed by atoms with Crippen LogP contribution < -0.4 is 0 Å². The molecular weight excluding hydrogens is 405 g/mol. The van der Waals surface area contributed by atoms with Gasteiger partial charge in [-0.1, -0.05) is 72.6 Å². The van der Waals surface area contributed by atoms with Gasteiger partial charge in [0.15, 0.2) is 5.78 Å². The van der Waals surface area contributed by atoms with Gasteiger partial charge in [0.25, 0.3) is 0 Å². The number of allylic oxidation sites excluding steroid dienone is 1. The normalized spacial score (nSPS) is 23.1. The monoisotopic (exact) mass is 429 g/mol. The molecule has 2 aromatic carbocycles. The van der Waals surface area contributed by atoms with E-state index in [1.165, 1.54) is 0 Å². The molecular formula is C24H25Cl2NO2. The van der Waals surface area contributed by atoms with Crippen molar-refractivity contribution in [3.05, 3.63) is 81.9 Å². The van der Waals surface area contributed by atoms with E-state index in [4.69, 9.17) is 23.2 Å². The number of rotatable bonds is 6. The van der Waals surface area contributed by atoms with E-state index >= 15 is 0 Å². The summed E-state index contributed by atoms with van der Waals surface area (Å²) in [4.78, 5) is 15.2. The highest BCUT2D eigenvalue weighted by atomic mass is 35.5. The van der Waals surface area contributed by atoms with E-state index in [0.29, 0.717) is 23.0 Å². The first-order chi connectivity index (χ1) is 13.9. The molecule has 3 rings (SSSR count). The van der Waals surface area contributed by atoms with Crippen molar-refractivity contribution in [1.29, 1.82) is 0 Å². The minimum atomic E-state index is -1.19. The molecule has 1 aliphatic rings. The van der Waals surface area contributed by atoms with Crippen LogP contribution in [0, 0.1) is 5.92 Å². The maximum Gasteiger partial charge on any atom is 0.163 e. The second-order valence-corrected chi connectivity index (χ2v) is 8.23. The Morgan fingerprint density at radius 3 is 2.17 bits per heavy atom. The topological polar surface area (TPSA) is 40.5 Å². The minimum Gasteiger partial charge on any atom is -0.385 e. The fourth-order valence-electron chi connectivity index (χ4n) is 3.52. The molecule has 1 heterocycles. The molecule has 5 heteroatoms. The predicted molar refractivity (Wildman–Crippen MR) is 121 cm³/mol. The summed E-state index contributed by atoms with van der Waals surface area (Å²) in [6.45, 7) is 4.20. The Balaban J connectivity index is 1.81. The summed E-state index contributed by atoms with van der Waals surface area (Å²) in [5.74, 6) is -0.607. The highest BCUT2D eigenvalue weighted by Gasteiger charge is 2.42. The Morgan fingerprint density at radius 2 is 1.62 bits per heavy atom. The summed E-state index contributed by atoms with van der Waals surface area (Å²) in [5.41, 5.74) is 0.641. The van der Waals surface area contributed by atoms with Gasteiger partial charge in [0, 0.05) is 23.1 Å². The van der Waals surface area contributed by atoms with Crippen molar-refractivity contribution in [3.8, 4) is 0 Å². The number of halogens is 2. The van der Waals surface area contributed by atoms with Gasteiger partial charge < -0.3 is 10.0 Å². The van der Waals surface area contributed by atoms with Crippen molar-refractivity contribution < 1.29 is 9.90 Å². The van der Waals surface area contributed by atoms with E-state index in [9.17, 15) is 9.90 Å². The van der Waals surface area contributed by atoms with Gasteiger partial charge in [-0.25, -0.2) is 0 Å². The third-order valence-corrected chi connectivity index (χ3v) is 5.91. The first-order valence-electron chi connectivity index (χ1n) is 9.76. The summed E-state index contributed by atoms with van der Waals surface area (Å²) >= 11 is 11.9. The van der Waals surface area contributed by atoms with Crippen LogP contribution in [0.5, 0.6) is 0 Å². The lowest BCUT2D eigenvalue weighted by molar-refractivity contribution is -0.129. The van der Waals surface area contributed by atoms with Crippen LogP contribution in [-0.4, -0.2) is 41.0 Å². The van der Waals surface area contributed by atoms with Crippen LogP contribution in [0.25, 0.3) is 12.2 Å². The first-order valence-corrected chi connectivity index (χ1v) is 10.5. The largest absolute Gasteiger partial charge is 0.385 e. The molecule has 0 amide bonds. The molecule has 0 aliphatic carbocycles. The molecule has 29 heavy (non-hydrogen) atoms. The molecule has 0 spiro atoms. The van der Waals surface area contributed by atoms with Gasteiger partial charge in [0.05, 0.1) is 11.5 Å². The average molecular weight is 430 g/mol. The van der Waals surface area contributed by atoms with Crippen molar-refractivity contribution in [1.82, 2.24) is 4.90 Å². The summed E-state index contributed by atoms with van der Waals surface area (Å²) in [5, 5.41) is 12.7. The van der Waals surface area contributed by atoms with Gasteiger partial charge in [-0.15, -0.1) is 0 Å². The van der Waals surface area contributed by atoms with Gasteiger partial charge in [-0.05, 0) is 54.4 Å². The standard InChI is InChI=1S/C24H25Cl2NO2/c1-2-27-16-15-24(29,14-13-19-5-10-21(26)11-6-19)22(17-27)23(28)12-7-18-3-8-20(25)9-4-18/h3-14,22,29H,2,15-17H2,1H3/b12-7+,14-13+/t22-,24+/m0/s1. The summed E-state index contributed by atoms with van der Waals surface area (Å²) in [6.07, 6.45) is 7.47. The predicted octanol–water partition coefficient (Wildman–Crippen LogP) is 5.36. The molecule has 2 aromatic rings. The molecule has 1 saturated heterocycles. The van der Waals surface area contributed by atoms with E-state index in [2.05, 4.69) is 11.8 Å². The number of likely N-dealkylation sites (tertiary alicyclic amines) is 1. The highest BCUT2D eigenvalue weighted by Crippen LogP contribution is 2.31. The molecule has 3 nitrogen and oxygen atoms in total. The number of ketones is 1. The van der Waals surface area contributed by atoms with Crippen LogP contribution in [0.3, 0.4) is 0 Å². The lowest BCUT2D eigenvalue weighted by Crippen LogP contribution is -2.53. The summed E-state index contributed by atoms with van der Waals surface area (Å²) in [7, 11) is 0. The van der Waals surface area contributed by atoms with E-state index in [0.717, 1.165) is 24.2 Å². The molecule has 0 saturated carbocycles. The lowest BCUT2D eigenvalue weighted by atomic mass is 9.77. The number of carbonyl (C=O) groups is 1. The van der Waals surface area contributed by atoms with Crippen molar-refractivity contribution >= 4 is 41.1 Å². The summed E-state index contributed by atoms with van der Waals surface area (Å²) in [6, 6.07) is 14.7. The number of benzene rings is 2. The molecule has 1 N–H and O–H groups in total. The molecule has 0 bridgehead atoms. The van der Waals surface area contributed by atoms with E-state index in [1.54, 1.807) is 30.4 Å². The number of hydrogen-bond acceptors (Lipinski definition) is 3. The third kappa shape index (κ3) is 5.80. The van der Waals surface area contributed by atoms with E-state index in [1.807, 2.05) is 42.5 Å². The Bertz CT molecular complexity index is 890. The van der Waals surface area contributed by atoms with Gasteiger partial charge in [-0.2, -0.15) is 0 Å². The van der Waals surface area contributed by atoms with Crippen molar-refractivity contribution in [2.45, 2.75) is 18.9 Å². The summed E-state index contributed by atoms with van der Waals surface area (Å²) < 4.78 is 0. The lowest BCUT2D eigenvalue weighted by Gasteiger charge is -2.41. The van der Waals surface area contributed by atoms with Crippen molar-refractivity contribution in [3.63, 3.8) is 0 Å². The minimum absolute atomic E-state index is 0.0821. The third-order valence-electron chi connectivity index (χ3n) is 5.41. The maximum atomic E-state index is 13.0. The molecule has 2 atom stereocenters. The second-order valence-electron chi connectivity index (χ2n) is 7.36. The number of aliphatic hydroxyl groups is 1.